The normalized spacial score (nSPS) is 23.3. The Kier molecular flexibility index (Phi) is 4.83. The standard InChI is InChI=1S/C16H26N2O/c1-12(18-9-8-15(11-18)13(2)17)10-14-4-6-16(19-3)7-5-14/h4-7,12-13,15H,8-11,17H2,1-3H3. The first-order valence-corrected chi connectivity index (χ1v) is 7.22. The van der Waals surface area contributed by atoms with Crippen molar-refractivity contribution in [1.29, 1.82) is 0 Å². The van der Waals surface area contributed by atoms with Gasteiger partial charge in [0.25, 0.3) is 0 Å². The highest BCUT2D eigenvalue weighted by molar-refractivity contribution is 5.27. The maximum Gasteiger partial charge on any atom is 0.118 e. The van der Waals surface area contributed by atoms with Gasteiger partial charge in [-0.2, -0.15) is 0 Å². The van der Waals surface area contributed by atoms with E-state index in [9.17, 15) is 0 Å². The number of ether oxygens (including phenoxy) is 1. The smallest absolute Gasteiger partial charge is 0.118 e. The Morgan fingerprint density at radius 1 is 1.32 bits per heavy atom. The number of hydrogen-bond donors (Lipinski definition) is 1. The second kappa shape index (κ2) is 6.40. The summed E-state index contributed by atoms with van der Waals surface area (Å²) in [5.74, 6) is 1.59. The number of hydrogen-bond acceptors (Lipinski definition) is 3. The number of nitrogens with two attached hydrogens (primary N) is 1. The van der Waals surface area contributed by atoms with Crippen LogP contribution in [0.2, 0.25) is 0 Å². The van der Waals surface area contributed by atoms with Crippen LogP contribution in [0.3, 0.4) is 0 Å². The van der Waals surface area contributed by atoms with Gasteiger partial charge in [0.05, 0.1) is 7.11 Å². The number of rotatable bonds is 5. The molecule has 1 aromatic rings. The van der Waals surface area contributed by atoms with Gasteiger partial charge in [0.2, 0.25) is 0 Å². The summed E-state index contributed by atoms with van der Waals surface area (Å²) in [4.78, 5) is 2.57. The lowest BCUT2D eigenvalue weighted by Crippen LogP contribution is -2.35. The van der Waals surface area contributed by atoms with Crippen molar-refractivity contribution in [2.45, 2.75) is 38.8 Å². The van der Waals surface area contributed by atoms with Crippen LogP contribution in [-0.4, -0.2) is 37.2 Å². The van der Waals surface area contributed by atoms with E-state index in [2.05, 4.69) is 30.9 Å². The van der Waals surface area contributed by atoms with Gasteiger partial charge in [-0.3, -0.25) is 4.90 Å². The van der Waals surface area contributed by atoms with Crippen molar-refractivity contribution in [3.05, 3.63) is 29.8 Å². The van der Waals surface area contributed by atoms with Crippen LogP contribution in [0.1, 0.15) is 25.8 Å². The predicted molar refractivity (Wildman–Crippen MR) is 79.5 cm³/mol. The van der Waals surface area contributed by atoms with Gasteiger partial charge in [-0.15, -0.1) is 0 Å². The molecule has 3 heteroatoms. The molecular formula is C16H26N2O. The first-order chi connectivity index (χ1) is 9.10. The molecule has 0 radical (unpaired) electrons. The Bertz CT molecular complexity index is 388. The van der Waals surface area contributed by atoms with Crippen molar-refractivity contribution in [2.24, 2.45) is 11.7 Å². The Morgan fingerprint density at radius 3 is 2.53 bits per heavy atom. The van der Waals surface area contributed by atoms with Gasteiger partial charge in [-0.25, -0.2) is 0 Å². The molecule has 1 heterocycles. The van der Waals surface area contributed by atoms with E-state index in [0.717, 1.165) is 18.7 Å². The van der Waals surface area contributed by atoms with Crippen LogP contribution in [0.4, 0.5) is 0 Å². The largest absolute Gasteiger partial charge is 0.497 e. The number of benzene rings is 1. The molecule has 1 aromatic carbocycles. The SMILES string of the molecule is COc1ccc(CC(C)N2CCC(C(C)N)C2)cc1. The fourth-order valence-electron chi connectivity index (χ4n) is 2.88. The zero-order valence-corrected chi connectivity index (χ0v) is 12.3. The van der Waals surface area contributed by atoms with Crippen molar-refractivity contribution in [1.82, 2.24) is 4.90 Å². The molecule has 3 nitrogen and oxygen atoms in total. The van der Waals surface area contributed by atoms with Gasteiger partial charge < -0.3 is 10.5 Å². The number of methoxy groups -OCH3 is 1. The Hall–Kier alpha value is -1.06. The highest BCUT2D eigenvalue weighted by Gasteiger charge is 2.27. The Labute approximate surface area is 116 Å². The summed E-state index contributed by atoms with van der Waals surface area (Å²) in [6.07, 6.45) is 2.33. The van der Waals surface area contributed by atoms with E-state index in [1.807, 2.05) is 12.1 Å². The van der Waals surface area contributed by atoms with Gasteiger partial charge in [0.1, 0.15) is 5.75 Å². The fourth-order valence-corrected chi connectivity index (χ4v) is 2.88. The van der Waals surface area contributed by atoms with Crippen molar-refractivity contribution >= 4 is 0 Å². The van der Waals surface area contributed by atoms with Crippen LogP contribution in [0, 0.1) is 5.92 Å². The van der Waals surface area contributed by atoms with Gasteiger partial charge in [-0.05, 0) is 56.8 Å². The molecule has 1 aliphatic heterocycles. The lowest BCUT2D eigenvalue weighted by atomic mass is 10.0. The molecule has 0 bridgehead atoms. The van der Waals surface area contributed by atoms with E-state index in [1.54, 1.807) is 7.11 Å². The fraction of sp³-hybridized carbons (Fsp3) is 0.625. The summed E-state index contributed by atoms with van der Waals surface area (Å²) in [7, 11) is 1.70. The second-order valence-corrected chi connectivity index (χ2v) is 5.80. The third-order valence-corrected chi connectivity index (χ3v) is 4.31. The minimum Gasteiger partial charge on any atom is -0.497 e. The summed E-state index contributed by atoms with van der Waals surface area (Å²) in [6.45, 7) is 6.77. The molecule has 0 amide bonds. The van der Waals surface area contributed by atoms with Crippen molar-refractivity contribution in [3.8, 4) is 5.75 Å². The van der Waals surface area contributed by atoms with Crippen molar-refractivity contribution < 1.29 is 4.74 Å². The first kappa shape index (κ1) is 14.4. The molecule has 3 unspecified atom stereocenters. The molecule has 0 spiro atoms. The lowest BCUT2D eigenvalue weighted by Gasteiger charge is -2.25. The molecular weight excluding hydrogens is 236 g/mol. The summed E-state index contributed by atoms with van der Waals surface area (Å²) >= 11 is 0. The summed E-state index contributed by atoms with van der Waals surface area (Å²) in [5, 5.41) is 0. The van der Waals surface area contributed by atoms with Crippen molar-refractivity contribution in [3.63, 3.8) is 0 Å². The van der Waals surface area contributed by atoms with Crippen LogP contribution < -0.4 is 10.5 Å². The number of nitrogens with zero attached hydrogens (tertiary/aromatic N) is 1. The van der Waals surface area contributed by atoms with Gasteiger partial charge in [0.15, 0.2) is 0 Å². The van der Waals surface area contributed by atoms with E-state index < -0.39 is 0 Å². The molecule has 3 atom stereocenters. The Morgan fingerprint density at radius 2 is 2.00 bits per heavy atom. The van der Waals surface area contributed by atoms with E-state index >= 15 is 0 Å². The molecule has 2 N–H and O–H groups in total. The topological polar surface area (TPSA) is 38.5 Å². The zero-order valence-electron chi connectivity index (χ0n) is 12.3. The molecule has 2 rings (SSSR count). The zero-order chi connectivity index (χ0) is 13.8. The van der Waals surface area contributed by atoms with Crippen LogP contribution in [-0.2, 0) is 6.42 Å². The molecule has 0 aromatic heterocycles. The van der Waals surface area contributed by atoms with E-state index in [4.69, 9.17) is 10.5 Å². The van der Waals surface area contributed by atoms with Crippen LogP contribution in [0.15, 0.2) is 24.3 Å². The average molecular weight is 262 g/mol. The number of likely N-dealkylation sites (tertiary alicyclic amines) is 1. The minimum absolute atomic E-state index is 0.318. The Balaban J connectivity index is 1.88. The van der Waals surface area contributed by atoms with E-state index in [1.165, 1.54) is 18.5 Å². The minimum atomic E-state index is 0.318. The first-order valence-electron chi connectivity index (χ1n) is 7.22. The van der Waals surface area contributed by atoms with Crippen LogP contribution in [0.5, 0.6) is 5.75 Å². The van der Waals surface area contributed by atoms with Crippen LogP contribution in [0.25, 0.3) is 0 Å². The molecule has 19 heavy (non-hydrogen) atoms. The molecule has 0 aliphatic carbocycles. The third-order valence-electron chi connectivity index (χ3n) is 4.31. The highest BCUT2D eigenvalue weighted by Crippen LogP contribution is 2.22. The predicted octanol–water partition coefficient (Wildman–Crippen LogP) is 2.30. The monoisotopic (exact) mass is 262 g/mol. The second-order valence-electron chi connectivity index (χ2n) is 5.80. The van der Waals surface area contributed by atoms with E-state index in [-0.39, 0.29) is 0 Å². The van der Waals surface area contributed by atoms with Gasteiger partial charge in [0, 0.05) is 18.6 Å². The lowest BCUT2D eigenvalue weighted by molar-refractivity contribution is 0.243. The molecule has 0 saturated carbocycles. The quantitative estimate of drug-likeness (QED) is 0.885. The maximum absolute atomic E-state index is 6.00. The third kappa shape index (κ3) is 3.71. The molecule has 1 aliphatic rings. The maximum atomic E-state index is 6.00. The molecule has 106 valence electrons. The van der Waals surface area contributed by atoms with E-state index in [0.29, 0.717) is 18.0 Å². The van der Waals surface area contributed by atoms with Crippen molar-refractivity contribution in [2.75, 3.05) is 20.2 Å². The van der Waals surface area contributed by atoms with Crippen LogP contribution >= 0.6 is 0 Å². The highest BCUT2D eigenvalue weighted by atomic mass is 16.5. The average Bonchev–Trinajstić information content (AvgIpc) is 2.89. The molecule has 1 fully saturated rings. The summed E-state index contributed by atoms with van der Waals surface area (Å²) < 4.78 is 5.19. The van der Waals surface area contributed by atoms with Gasteiger partial charge >= 0.3 is 0 Å². The summed E-state index contributed by atoms with van der Waals surface area (Å²) in [5.41, 5.74) is 7.38. The van der Waals surface area contributed by atoms with Gasteiger partial charge in [-0.1, -0.05) is 12.1 Å². The summed E-state index contributed by atoms with van der Waals surface area (Å²) in [6, 6.07) is 9.30. The molecule has 1 saturated heterocycles.